The number of nitrogens with zero attached hydrogens (tertiary/aromatic N) is 1. The summed E-state index contributed by atoms with van der Waals surface area (Å²) in [5.74, 6) is -0.947. The average Bonchev–Trinajstić information content (AvgIpc) is 3.15. The Morgan fingerprint density at radius 2 is 1.82 bits per heavy atom. The molecule has 0 bridgehead atoms. The monoisotopic (exact) mass is 402 g/mol. The van der Waals surface area contributed by atoms with E-state index in [1.807, 2.05) is 42.5 Å². The average molecular weight is 402 g/mol. The normalized spacial score (nSPS) is 27.0. The van der Waals surface area contributed by atoms with Gasteiger partial charge in [-0.25, -0.2) is 17.5 Å². The maximum atomic E-state index is 15.8. The van der Waals surface area contributed by atoms with Crippen molar-refractivity contribution in [1.29, 1.82) is 0 Å². The zero-order valence-corrected chi connectivity index (χ0v) is 16.5. The molecule has 1 N–H and O–H groups in total. The van der Waals surface area contributed by atoms with E-state index in [1.165, 1.54) is 0 Å². The minimum atomic E-state index is -3.33. The molecule has 5 nitrogen and oxygen atoms in total. The number of nitrogens with one attached hydrogen (secondary N) is 1. The summed E-state index contributed by atoms with van der Waals surface area (Å²) in [7, 11) is -3.33. The van der Waals surface area contributed by atoms with Crippen LogP contribution >= 0.6 is 0 Å². The van der Waals surface area contributed by atoms with E-state index in [0.717, 1.165) is 17.4 Å². The van der Waals surface area contributed by atoms with Crippen molar-refractivity contribution in [2.45, 2.75) is 24.6 Å². The summed E-state index contributed by atoms with van der Waals surface area (Å²) < 4.78 is 41.1. The van der Waals surface area contributed by atoms with Crippen LogP contribution in [0.25, 0.3) is 11.1 Å². The van der Waals surface area contributed by atoms with Crippen LogP contribution in [-0.4, -0.2) is 44.6 Å². The van der Waals surface area contributed by atoms with E-state index in [4.69, 9.17) is 0 Å². The number of amides is 1. The quantitative estimate of drug-likeness (QED) is 0.836. The number of likely N-dealkylation sites (tertiary alicyclic amines) is 1. The fourth-order valence-corrected chi connectivity index (χ4v) is 4.91. The number of benzene rings is 2. The highest BCUT2D eigenvalue weighted by Crippen LogP contribution is 2.58. The van der Waals surface area contributed by atoms with E-state index in [1.54, 1.807) is 17.0 Å². The lowest BCUT2D eigenvalue weighted by molar-refractivity contribution is -0.132. The van der Waals surface area contributed by atoms with E-state index in [9.17, 15) is 13.2 Å². The molecule has 0 spiro atoms. The van der Waals surface area contributed by atoms with Gasteiger partial charge in [-0.15, -0.1) is 0 Å². The number of sulfonamides is 1. The Balaban J connectivity index is 1.52. The van der Waals surface area contributed by atoms with Gasteiger partial charge in [0.25, 0.3) is 0 Å². The van der Waals surface area contributed by atoms with Crippen molar-refractivity contribution in [2.75, 3.05) is 19.3 Å². The van der Waals surface area contributed by atoms with Gasteiger partial charge in [-0.05, 0) is 23.1 Å². The van der Waals surface area contributed by atoms with Gasteiger partial charge in [0.05, 0.1) is 12.2 Å². The number of rotatable bonds is 5. The van der Waals surface area contributed by atoms with E-state index in [2.05, 4.69) is 4.72 Å². The van der Waals surface area contributed by atoms with E-state index >= 15 is 4.39 Å². The van der Waals surface area contributed by atoms with Crippen molar-refractivity contribution < 1.29 is 17.6 Å². The van der Waals surface area contributed by atoms with Gasteiger partial charge in [0.15, 0.2) is 0 Å². The van der Waals surface area contributed by atoms with Gasteiger partial charge in [0.2, 0.25) is 15.9 Å². The van der Waals surface area contributed by atoms with Crippen LogP contribution in [0.3, 0.4) is 0 Å². The molecule has 1 aliphatic heterocycles. The van der Waals surface area contributed by atoms with Crippen molar-refractivity contribution in [3.05, 3.63) is 60.2 Å². The zero-order valence-electron chi connectivity index (χ0n) is 15.6. The van der Waals surface area contributed by atoms with Crippen LogP contribution in [0.4, 0.5) is 4.39 Å². The molecule has 28 heavy (non-hydrogen) atoms. The number of alkyl halides is 1. The third-order valence-corrected chi connectivity index (χ3v) is 6.29. The predicted molar refractivity (Wildman–Crippen MR) is 106 cm³/mol. The SMILES string of the molecule is CS(=O)(=O)N[C@H]1CCN(C(=O)[C@@H]2C[C@@]2(F)c2ccccc2-c2ccccc2)C1. The van der Waals surface area contributed by atoms with Crippen molar-refractivity contribution in [1.82, 2.24) is 9.62 Å². The van der Waals surface area contributed by atoms with E-state index in [-0.39, 0.29) is 18.4 Å². The summed E-state index contributed by atoms with van der Waals surface area (Å²) in [5, 5.41) is 0. The van der Waals surface area contributed by atoms with Crippen LogP contribution < -0.4 is 4.72 Å². The molecule has 1 heterocycles. The van der Waals surface area contributed by atoms with Gasteiger partial charge >= 0.3 is 0 Å². The lowest BCUT2D eigenvalue weighted by Gasteiger charge is -2.19. The highest BCUT2D eigenvalue weighted by Gasteiger charge is 2.62. The molecule has 2 aromatic rings. The summed E-state index contributed by atoms with van der Waals surface area (Å²) in [6, 6.07) is 16.6. The molecule has 7 heteroatoms. The number of hydrogen-bond donors (Lipinski definition) is 1. The molecule has 148 valence electrons. The molecule has 1 saturated carbocycles. The topological polar surface area (TPSA) is 66.5 Å². The first-order valence-corrected chi connectivity index (χ1v) is 11.3. The molecule has 3 atom stereocenters. The largest absolute Gasteiger partial charge is 0.341 e. The smallest absolute Gasteiger partial charge is 0.229 e. The fraction of sp³-hybridized carbons (Fsp3) is 0.381. The molecular weight excluding hydrogens is 379 g/mol. The van der Waals surface area contributed by atoms with E-state index < -0.39 is 21.6 Å². The Morgan fingerprint density at radius 3 is 2.54 bits per heavy atom. The molecule has 2 aliphatic rings. The third kappa shape index (κ3) is 3.69. The zero-order chi connectivity index (χ0) is 19.9. The number of carbonyl (C=O) groups is 1. The first-order chi connectivity index (χ1) is 13.3. The first kappa shape index (κ1) is 19.1. The lowest BCUT2D eigenvalue weighted by atomic mass is 9.94. The van der Waals surface area contributed by atoms with Gasteiger partial charge in [-0.2, -0.15) is 0 Å². The Bertz CT molecular complexity index is 996. The van der Waals surface area contributed by atoms with Gasteiger partial charge in [-0.3, -0.25) is 4.79 Å². The number of carbonyl (C=O) groups excluding carboxylic acids is 1. The number of hydrogen-bond acceptors (Lipinski definition) is 3. The molecule has 1 aliphatic carbocycles. The fourth-order valence-electron chi connectivity index (χ4n) is 4.11. The standard InChI is InChI=1S/C21H23FN2O3S/c1-28(26,27)23-16-11-12-24(14-16)20(25)19-13-21(19,22)18-10-6-5-9-17(18)15-7-3-2-4-8-15/h2-10,16,19,23H,11-14H2,1H3/t16-,19-,21+/m0/s1. The minimum Gasteiger partial charge on any atom is -0.341 e. The lowest BCUT2D eigenvalue weighted by Crippen LogP contribution is -2.38. The van der Waals surface area contributed by atoms with Gasteiger partial charge in [0.1, 0.15) is 5.67 Å². The molecule has 2 aromatic carbocycles. The minimum absolute atomic E-state index is 0.163. The van der Waals surface area contributed by atoms with Crippen molar-refractivity contribution >= 4 is 15.9 Å². The van der Waals surface area contributed by atoms with E-state index in [0.29, 0.717) is 25.1 Å². The second-order valence-electron chi connectivity index (χ2n) is 7.69. The van der Waals surface area contributed by atoms with Gasteiger partial charge in [0, 0.05) is 25.6 Å². The van der Waals surface area contributed by atoms with Crippen molar-refractivity contribution in [2.24, 2.45) is 5.92 Å². The van der Waals surface area contributed by atoms with Crippen LogP contribution in [0.1, 0.15) is 18.4 Å². The van der Waals surface area contributed by atoms with Crippen LogP contribution in [0.15, 0.2) is 54.6 Å². The summed E-state index contributed by atoms with van der Waals surface area (Å²) in [6.45, 7) is 0.734. The Kier molecular flexibility index (Phi) is 4.75. The second-order valence-corrected chi connectivity index (χ2v) is 9.47. The van der Waals surface area contributed by atoms with Gasteiger partial charge < -0.3 is 4.90 Å². The third-order valence-electron chi connectivity index (χ3n) is 5.53. The molecule has 0 aromatic heterocycles. The van der Waals surface area contributed by atoms with Crippen LogP contribution in [0.5, 0.6) is 0 Å². The molecule has 4 rings (SSSR count). The van der Waals surface area contributed by atoms with Crippen molar-refractivity contribution in [3.8, 4) is 11.1 Å². The Labute approximate surface area is 164 Å². The second kappa shape index (κ2) is 6.97. The Hall–Kier alpha value is -2.25. The maximum absolute atomic E-state index is 15.8. The Morgan fingerprint density at radius 1 is 1.14 bits per heavy atom. The molecule has 0 unspecified atom stereocenters. The van der Waals surface area contributed by atoms with Crippen LogP contribution in [0.2, 0.25) is 0 Å². The molecular formula is C21H23FN2O3S. The molecule has 0 radical (unpaired) electrons. The summed E-state index contributed by atoms with van der Waals surface area (Å²) in [6.07, 6.45) is 1.81. The van der Waals surface area contributed by atoms with Crippen LogP contribution in [0, 0.1) is 5.92 Å². The van der Waals surface area contributed by atoms with Crippen LogP contribution in [-0.2, 0) is 20.5 Å². The maximum Gasteiger partial charge on any atom is 0.229 e. The first-order valence-electron chi connectivity index (χ1n) is 9.38. The molecule has 1 amide bonds. The molecule has 2 fully saturated rings. The number of halogens is 1. The summed E-state index contributed by atoms with van der Waals surface area (Å²) in [4.78, 5) is 14.4. The summed E-state index contributed by atoms with van der Waals surface area (Å²) in [5.41, 5.74) is 0.599. The highest BCUT2D eigenvalue weighted by atomic mass is 32.2. The predicted octanol–water partition coefficient (Wildman–Crippen LogP) is 2.69. The summed E-state index contributed by atoms with van der Waals surface area (Å²) >= 11 is 0. The van der Waals surface area contributed by atoms with Gasteiger partial charge in [-0.1, -0.05) is 54.6 Å². The van der Waals surface area contributed by atoms with Crippen molar-refractivity contribution in [3.63, 3.8) is 0 Å². The molecule has 1 saturated heterocycles. The highest BCUT2D eigenvalue weighted by molar-refractivity contribution is 7.88.